The van der Waals surface area contributed by atoms with Gasteiger partial charge >= 0.3 is 0 Å². The van der Waals surface area contributed by atoms with Crippen molar-refractivity contribution >= 4 is 21.5 Å². The van der Waals surface area contributed by atoms with Gasteiger partial charge in [-0.2, -0.15) is 0 Å². The van der Waals surface area contributed by atoms with Gasteiger partial charge in [0.05, 0.1) is 11.4 Å². The number of para-hydroxylation sites is 1. The van der Waals surface area contributed by atoms with Gasteiger partial charge in [0.1, 0.15) is 11.2 Å². The second kappa shape index (κ2) is 6.93. The van der Waals surface area contributed by atoms with Gasteiger partial charge in [-0.3, -0.25) is 0 Å². The van der Waals surface area contributed by atoms with Crippen LogP contribution in [0.15, 0.2) is 35.5 Å². The van der Waals surface area contributed by atoms with E-state index in [2.05, 4.69) is 9.97 Å². The SMILES string of the molecule is CCc1ncnc(N2CCN(c3ccccc3S(N)(=O)=O)CC2)c1F. The quantitative estimate of drug-likeness (QED) is 0.874. The number of nitrogens with two attached hydrogens (primary N) is 1. The van der Waals surface area contributed by atoms with Crippen LogP contribution >= 0.6 is 0 Å². The lowest BCUT2D eigenvalue weighted by molar-refractivity contribution is 0.567. The molecule has 1 aromatic heterocycles. The molecule has 2 aromatic rings. The van der Waals surface area contributed by atoms with Crippen molar-refractivity contribution in [2.75, 3.05) is 36.0 Å². The molecule has 0 atom stereocenters. The fraction of sp³-hybridized carbons (Fsp3) is 0.375. The maximum atomic E-state index is 14.4. The first-order chi connectivity index (χ1) is 11.9. The van der Waals surface area contributed by atoms with Crippen LogP contribution in [0.2, 0.25) is 0 Å². The summed E-state index contributed by atoms with van der Waals surface area (Å²) in [5.74, 6) is -0.0883. The van der Waals surface area contributed by atoms with Crippen LogP contribution in [0.25, 0.3) is 0 Å². The van der Waals surface area contributed by atoms with Gasteiger partial charge < -0.3 is 9.80 Å². The fourth-order valence-corrected chi connectivity index (χ4v) is 3.74. The molecule has 3 rings (SSSR count). The molecule has 0 unspecified atom stereocenters. The van der Waals surface area contributed by atoms with E-state index in [1.165, 1.54) is 12.4 Å². The molecule has 0 radical (unpaired) electrons. The summed E-state index contributed by atoms with van der Waals surface area (Å²) in [4.78, 5) is 11.9. The first-order valence-electron chi connectivity index (χ1n) is 8.03. The van der Waals surface area contributed by atoms with E-state index in [1.54, 1.807) is 18.2 Å². The number of benzene rings is 1. The second-order valence-electron chi connectivity index (χ2n) is 5.80. The van der Waals surface area contributed by atoms with Crippen LogP contribution < -0.4 is 14.9 Å². The topological polar surface area (TPSA) is 92.4 Å². The van der Waals surface area contributed by atoms with E-state index in [-0.39, 0.29) is 10.7 Å². The Balaban J connectivity index is 1.80. The van der Waals surface area contributed by atoms with Crippen molar-refractivity contribution in [1.29, 1.82) is 0 Å². The first-order valence-corrected chi connectivity index (χ1v) is 9.57. The zero-order valence-electron chi connectivity index (χ0n) is 13.9. The van der Waals surface area contributed by atoms with Crippen molar-refractivity contribution in [3.05, 3.63) is 42.1 Å². The smallest absolute Gasteiger partial charge is 0.240 e. The van der Waals surface area contributed by atoms with Gasteiger partial charge in [-0.05, 0) is 18.6 Å². The Morgan fingerprint density at radius 1 is 1.12 bits per heavy atom. The van der Waals surface area contributed by atoms with Crippen LogP contribution in [0.5, 0.6) is 0 Å². The molecular formula is C16H20FN5O2S. The number of rotatable bonds is 4. The van der Waals surface area contributed by atoms with E-state index in [9.17, 15) is 12.8 Å². The third-order valence-corrected chi connectivity index (χ3v) is 5.23. The number of hydrogen-bond acceptors (Lipinski definition) is 6. The van der Waals surface area contributed by atoms with E-state index < -0.39 is 10.0 Å². The van der Waals surface area contributed by atoms with E-state index in [0.29, 0.717) is 49.8 Å². The maximum absolute atomic E-state index is 14.4. The molecule has 0 amide bonds. The molecule has 25 heavy (non-hydrogen) atoms. The number of hydrogen-bond donors (Lipinski definition) is 1. The van der Waals surface area contributed by atoms with Crippen molar-refractivity contribution in [1.82, 2.24) is 9.97 Å². The molecule has 0 spiro atoms. The van der Waals surface area contributed by atoms with Gasteiger partial charge in [0.25, 0.3) is 0 Å². The summed E-state index contributed by atoms with van der Waals surface area (Å²) in [7, 11) is -3.80. The lowest BCUT2D eigenvalue weighted by atomic mass is 10.2. The highest BCUT2D eigenvalue weighted by molar-refractivity contribution is 7.89. The Morgan fingerprint density at radius 2 is 1.76 bits per heavy atom. The number of sulfonamides is 1. The number of halogens is 1. The highest BCUT2D eigenvalue weighted by Gasteiger charge is 2.25. The molecule has 1 aromatic carbocycles. The summed E-state index contributed by atoms with van der Waals surface area (Å²) in [5, 5.41) is 5.30. The average molecular weight is 365 g/mol. The summed E-state index contributed by atoms with van der Waals surface area (Å²) in [5.41, 5.74) is 0.967. The summed E-state index contributed by atoms with van der Waals surface area (Å²) >= 11 is 0. The van der Waals surface area contributed by atoms with Gasteiger partial charge in [0.15, 0.2) is 11.6 Å². The predicted molar refractivity (Wildman–Crippen MR) is 93.6 cm³/mol. The largest absolute Gasteiger partial charge is 0.367 e. The average Bonchev–Trinajstić information content (AvgIpc) is 2.61. The molecule has 1 saturated heterocycles. The van der Waals surface area contributed by atoms with Gasteiger partial charge in [-0.15, -0.1) is 0 Å². The third kappa shape index (κ3) is 3.57. The van der Waals surface area contributed by atoms with E-state index in [4.69, 9.17) is 5.14 Å². The van der Waals surface area contributed by atoms with Gasteiger partial charge in [0.2, 0.25) is 10.0 Å². The van der Waals surface area contributed by atoms with E-state index >= 15 is 0 Å². The van der Waals surface area contributed by atoms with Crippen molar-refractivity contribution in [2.45, 2.75) is 18.2 Å². The summed E-state index contributed by atoms with van der Waals surface area (Å²) in [6.07, 6.45) is 1.88. The van der Waals surface area contributed by atoms with E-state index in [1.807, 2.05) is 16.7 Å². The number of nitrogens with zero attached hydrogens (tertiary/aromatic N) is 4. The number of aromatic nitrogens is 2. The molecule has 0 bridgehead atoms. The molecule has 1 aliphatic heterocycles. The molecule has 2 N–H and O–H groups in total. The van der Waals surface area contributed by atoms with Crippen molar-refractivity contribution in [2.24, 2.45) is 5.14 Å². The highest BCUT2D eigenvalue weighted by Crippen LogP contribution is 2.26. The number of piperazine rings is 1. The van der Waals surface area contributed by atoms with Crippen LogP contribution in [0.3, 0.4) is 0 Å². The van der Waals surface area contributed by atoms with Crippen LogP contribution in [0.4, 0.5) is 15.9 Å². The third-order valence-electron chi connectivity index (χ3n) is 4.27. The standard InChI is InChI=1S/C16H20FN5O2S/c1-2-12-15(17)16(20-11-19-12)22-9-7-21(8-10-22)13-5-3-4-6-14(13)25(18,23)24/h3-6,11H,2,7-10H2,1H3,(H2,18,23,24). The van der Waals surface area contributed by atoms with Crippen LogP contribution in [0.1, 0.15) is 12.6 Å². The summed E-state index contributed by atoms with van der Waals surface area (Å²) < 4.78 is 38.0. The lowest BCUT2D eigenvalue weighted by Crippen LogP contribution is -2.47. The second-order valence-corrected chi connectivity index (χ2v) is 7.33. The van der Waals surface area contributed by atoms with Crippen molar-refractivity contribution in [3.63, 3.8) is 0 Å². The lowest BCUT2D eigenvalue weighted by Gasteiger charge is -2.37. The molecule has 1 aliphatic rings. The Morgan fingerprint density at radius 3 is 2.40 bits per heavy atom. The zero-order chi connectivity index (χ0) is 18.0. The Bertz CT molecular complexity index is 867. The minimum atomic E-state index is -3.80. The van der Waals surface area contributed by atoms with Crippen LogP contribution in [-0.4, -0.2) is 44.6 Å². The fourth-order valence-electron chi connectivity index (χ4n) is 2.98. The number of primary sulfonamides is 1. The minimum absolute atomic E-state index is 0.102. The molecule has 1 fully saturated rings. The summed E-state index contributed by atoms with van der Waals surface area (Å²) in [6.45, 7) is 3.97. The Hall–Kier alpha value is -2.26. The molecule has 0 saturated carbocycles. The Labute approximate surface area is 146 Å². The molecule has 2 heterocycles. The predicted octanol–water partition coefficient (Wildman–Crippen LogP) is 1.15. The minimum Gasteiger partial charge on any atom is -0.367 e. The molecule has 7 nitrogen and oxygen atoms in total. The van der Waals surface area contributed by atoms with Crippen LogP contribution in [-0.2, 0) is 16.4 Å². The molecule has 134 valence electrons. The number of anilines is 2. The molecule has 0 aliphatic carbocycles. The first kappa shape index (κ1) is 17.6. The van der Waals surface area contributed by atoms with Crippen LogP contribution in [0, 0.1) is 5.82 Å². The molecular weight excluding hydrogens is 345 g/mol. The monoisotopic (exact) mass is 365 g/mol. The zero-order valence-corrected chi connectivity index (χ0v) is 14.7. The normalized spacial score (nSPS) is 15.5. The maximum Gasteiger partial charge on any atom is 0.240 e. The number of aryl methyl sites for hydroxylation is 1. The molecule has 9 heteroatoms. The highest BCUT2D eigenvalue weighted by atomic mass is 32.2. The Kier molecular flexibility index (Phi) is 4.87. The van der Waals surface area contributed by atoms with Gasteiger partial charge in [0, 0.05) is 26.2 Å². The summed E-state index contributed by atoms with van der Waals surface area (Å²) in [6, 6.07) is 6.64. The van der Waals surface area contributed by atoms with Gasteiger partial charge in [-0.1, -0.05) is 19.1 Å². The van der Waals surface area contributed by atoms with Crippen molar-refractivity contribution < 1.29 is 12.8 Å². The van der Waals surface area contributed by atoms with E-state index in [0.717, 1.165) is 0 Å². The van der Waals surface area contributed by atoms with Crippen molar-refractivity contribution in [3.8, 4) is 0 Å². The van der Waals surface area contributed by atoms with Gasteiger partial charge in [-0.25, -0.2) is 27.9 Å².